The van der Waals surface area contributed by atoms with Crippen molar-refractivity contribution in [2.45, 2.75) is 58.0 Å². The Kier molecular flexibility index (Phi) is 5.99. The van der Waals surface area contributed by atoms with Gasteiger partial charge in [0.15, 0.2) is 0 Å². The molecule has 1 fully saturated rings. The molecule has 0 aliphatic heterocycles. The van der Waals surface area contributed by atoms with Gasteiger partial charge in [-0.3, -0.25) is 4.79 Å². The molecule has 0 saturated heterocycles. The Labute approximate surface area is 125 Å². The molecule has 1 rings (SSSR count). The van der Waals surface area contributed by atoms with Crippen molar-refractivity contribution in [3.8, 4) is 0 Å². The lowest BCUT2D eigenvalue weighted by molar-refractivity contribution is -0.144. The zero-order valence-electron chi connectivity index (χ0n) is 12.9. The lowest BCUT2D eigenvalue weighted by atomic mass is 9.98. The molecule has 0 spiro atoms. The van der Waals surface area contributed by atoms with E-state index in [1.54, 1.807) is 6.92 Å². The molecule has 0 aromatic heterocycles. The lowest BCUT2D eigenvalue weighted by Crippen LogP contribution is -2.57. The number of carboxylic acid groups (broad SMARTS) is 1. The van der Waals surface area contributed by atoms with Gasteiger partial charge in [-0.15, -0.1) is 0 Å². The highest BCUT2D eigenvalue weighted by Crippen LogP contribution is 2.30. The highest BCUT2D eigenvalue weighted by atomic mass is 16.4. The van der Waals surface area contributed by atoms with E-state index in [0.717, 1.165) is 12.8 Å². The van der Waals surface area contributed by atoms with Crippen LogP contribution in [0.4, 0.5) is 4.79 Å². The molecule has 0 heterocycles. The van der Waals surface area contributed by atoms with Gasteiger partial charge in [0.25, 0.3) is 0 Å². The third-order valence-corrected chi connectivity index (χ3v) is 3.67. The van der Waals surface area contributed by atoms with Crippen LogP contribution in [0, 0.1) is 0 Å². The first kappa shape index (κ1) is 17.3. The van der Waals surface area contributed by atoms with E-state index in [2.05, 4.69) is 10.6 Å². The molecule has 0 atom stereocenters. The van der Waals surface area contributed by atoms with Crippen molar-refractivity contribution in [1.82, 2.24) is 15.5 Å². The molecule has 7 heteroatoms. The van der Waals surface area contributed by atoms with Crippen LogP contribution in [0.15, 0.2) is 0 Å². The van der Waals surface area contributed by atoms with Gasteiger partial charge in [-0.2, -0.15) is 0 Å². The average Bonchev–Trinajstić information content (AvgIpc) is 2.84. The van der Waals surface area contributed by atoms with Crippen LogP contribution >= 0.6 is 0 Å². The molecular weight excluding hydrogens is 274 g/mol. The summed E-state index contributed by atoms with van der Waals surface area (Å²) in [4.78, 5) is 36.7. The van der Waals surface area contributed by atoms with E-state index in [0.29, 0.717) is 19.4 Å². The van der Waals surface area contributed by atoms with Crippen molar-refractivity contribution in [2.24, 2.45) is 0 Å². The normalized spacial score (nSPS) is 16.6. The summed E-state index contributed by atoms with van der Waals surface area (Å²) in [6.45, 7) is 5.70. The van der Waals surface area contributed by atoms with Crippen molar-refractivity contribution in [3.05, 3.63) is 0 Å². The summed E-state index contributed by atoms with van der Waals surface area (Å²) in [6, 6.07) is -0.500. The molecule has 0 aromatic carbocycles. The van der Waals surface area contributed by atoms with Gasteiger partial charge in [-0.1, -0.05) is 12.8 Å². The fourth-order valence-electron chi connectivity index (χ4n) is 2.52. The summed E-state index contributed by atoms with van der Waals surface area (Å²) in [7, 11) is 0. The van der Waals surface area contributed by atoms with Crippen LogP contribution in [-0.4, -0.2) is 52.6 Å². The van der Waals surface area contributed by atoms with Crippen LogP contribution < -0.4 is 10.6 Å². The summed E-state index contributed by atoms with van der Waals surface area (Å²) in [5, 5.41) is 14.7. The molecule has 3 N–H and O–H groups in total. The minimum Gasteiger partial charge on any atom is -0.480 e. The SMILES string of the molecule is CCN(CC(=O)NC(C)C)C(=O)NC1(C(=O)O)CCCC1. The van der Waals surface area contributed by atoms with Gasteiger partial charge < -0.3 is 20.6 Å². The molecule has 120 valence electrons. The fourth-order valence-corrected chi connectivity index (χ4v) is 2.52. The molecule has 7 nitrogen and oxygen atoms in total. The first-order chi connectivity index (χ1) is 9.80. The number of likely N-dealkylation sites (N-methyl/N-ethyl adjacent to an activating group) is 1. The van der Waals surface area contributed by atoms with Gasteiger partial charge >= 0.3 is 12.0 Å². The van der Waals surface area contributed by atoms with Gasteiger partial charge in [-0.25, -0.2) is 9.59 Å². The Bertz CT molecular complexity index is 403. The summed E-state index contributed by atoms with van der Waals surface area (Å²) >= 11 is 0. The number of carbonyl (C=O) groups is 3. The number of nitrogens with one attached hydrogen (secondary N) is 2. The third kappa shape index (κ3) is 4.61. The number of urea groups is 1. The Morgan fingerprint density at radius 3 is 2.24 bits per heavy atom. The van der Waals surface area contributed by atoms with E-state index in [4.69, 9.17) is 0 Å². The van der Waals surface area contributed by atoms with Crippen LogP contribution in [0.5, 0.6) is 0 Å². The molecule has 0 bridgehead atoms. The second-order valence-corrected chi connectivity index (χ2v) is 5.76. The summed E-state index contributed by atoms with van der Waals surface area (Å²) in [5.41, 5.74) is -1.18. The predicted molar refractivity (Wildman–Crippen MR) is 77.9 cm³/mol. The van der Waals surface area contributed by atoms with E-state index in [9.17, 15) is 19.5 Å². The zero-order valence-corrected chi connectivity index (χ0v) is 12.9. The Morgan fingerprint density at radius 2 is 1.81 bits per heavy atom. The van der Waals surface area contributed by atoms with E-state index in [1.165, 1.54) is 4.90 Å². The number of aliphatic carboxylic acids is 1. The topological polar surface area (TPSA) is 98.7 Å². The van der Waals surface area contributed by atoms with Gasteiger partial charge in [0.2, 0.25) is 5.91 Å². The van der Waals surface area contributed by atoms with Gasteiger partial charge in [-0.05, 0) is 33.6 Å². The Balaban J connectivity index is 2.66. The predicted octanol–water partition coefficient (Wildman–Crippen LogP) is 0.940. The number of hydrogen-bond acceptors (Lipinski definition) is 3. The molecule has 3 amide bonds. The number of carboxylic acids is 1. The fraction of sp³-hybridized carbons (Fsp3) is 0.786. The van der Waals surface area contributed by atoms with Crippen molar-refractivity contribution < 1.29 is 19.5 Å². The Hall–Kier alpha value is -1.79. The lowest BCUT2D eigenvalue weighted by Gasteiger charge is -2.29. The van der Waals surface area contributed by atoms with Crippen molar-refractivity contribution >= 4 is 17.9 Å². The minimum atomic E-state index is -1.18. The number of carbonyl (C=O) groups excluding carboxylic acids is 2. The van der Waals surface area contributed by atoms with Crippen LogP contribution in [-0.2, 0) is 9.59 Å². The van der Waals surface area contributed by atoms with Gasteiger partial charge in [0.05, 0.1) is 0 Å². The number of nitrogens with zero attached hydrogens (tertiary/aromatic N) is 1. The molecule has 0 radical (unpaired) electrons. The van der Waals surface area contributed by atoms with Gasteiger partial charge in [0, 0.05) is 12.6 Å². The van der Waals surface area contributed by atoms with Crippen molar-refractivity contribution in [1.29, 1.82) is 0 Å². The maximum Gasteiger partial charge on any atom is 0.329 e. The highest BCUT2D eigenvalue weighted by molar-refractivity contribution is 5.89. The van der Waals surface area contributed by atoms with E-state index >= 15 is 0 Å². The van der Waals surface area contributed by atoms with E-state index in [-0.39, 0.29) is 18.5 Å². The van der Waals surface area contributed by atoms with E-state index < -0.39 is 17.5 Å². The smallest absolute Gasteiger partial charge is 0.329 e. The van der Waals surface area contributed by atoms with Crippen LogP contribution in [0.2, 0.25) is 0 Å². The summed E-state index contributed by atoms with van der Waals surface area (Å²) in [5.74, 6) is -1.26. The zero-order chi connectivity index (χ0) is 16.0. The number of hydrogen-bond donors (Lipinski definition) is 3. The van der Waals surface area contributed by atoms with Crippen LogP contribution in [0.3, 0.4) is 0 Å². The quantitative estimate of drug-likeness (QED) is 0.679. The van der Waals surface area contributed by atoms with Crippen molar-refractivity contribution in [3.63, 3.8) is 0 Å². The van der Waals surface area contributed by atoms with Crippen LogP contribution in [0.1, 0.15) is 46.5 Å². The molecule has 1 saturated carbocycles. The molecule has 21 heavy (non-hydrogen) atoms. The largest absolute Gasteiger partial charge is 0.480 e. The maximum atomic E-state index is 12.2. The molecule has 0 unspecified atom stereocenters. The summed E-state index contributed by atoms with van der Waals surface area (Å²) < 4.78 is 0. The number of rotatable bonds is 6. The highest BCUT2D eigenvalue weighted by Gasteiger charge is 2.43. The average molecular weight is 299 g/mol. The van der Waals surface area contributed by atoms with Crippen molar-refractivity contribution in [2.75, 3.05) is 13.1 Å². The molecule has 1 aliphatic rings. The first-order valence-electron chi connectivity index (χ1n) is 7.40. The molecule has 1 aliphatic carbocycles. The second kappa shape index (κ2) is 7.28. The third-order valence-electron chi connectivity index (χ3n) is 3.67. The van der Waals surface area contributed by atoms with E-state index in [1.807, 2.05) is 13.8 Å². The molecular formula is C14H25N3O4. The van der Waals surface area contributed by atoms with Crippen LogP contribution in [0.25, 0.3) is 0 Å². The standard InChI is InChI=1S/C14H25N3O4/c1-4-17(9-11(18)15-10(2)3)13(21)16-14(12(19)20)7-5-6-8-14/h10H,4-9H2,1-3H3,(H,15,18)(H,16,21)(H,19,20). The summed E-state index contributed by atoms with van der Waals surface area (Å²) in [6.07, 6.45) is 2.44. The van der Waals surface area contributed by atoms with Gasteiger partial charge in [0.1, 0.15) is 12.1 Å². The molecule has 0 aromatic rings. The second-order valence-electron chi connectivity index (χ2n) is 5.76. The minimum absolute atomic E-state index is 0.000499. The maximum absolute atomic E-state index is 12.2. The Morgan fingerprint density at radius 1 is 1.24 bits per heavy atom. The monoisotopic (exact) mass is 299 g/mol. The number of amides is 3. The first-order valence-corrected chi connectivity index (χ1v) is 7.40.